The van der Waals surface area contributed by atoms with Gasteiger partial charge < -0.3 is 20.4 Å². The summed E-state index contributed by atoms with van der Waals surface area (Å²) in [7, 11) is 1.56. The van der Waals surface area contributed by atoms with E-state index in [9.17, 15) is 4.79 Å². The van der Waals surface area contributed by atoms with Crippen LogP contribution in [0.1, 0.15) is 5.69 Å². The molecule has 0 radical (unpaired) electrons. The number of anilines is 1. The molecule has 0 fully saturated rings. The van der Waals surface area contributed by atoms with Gasteiger partial charge in [-0.05, 0) is 12.1 Å². The van der Waals surface area contributed by atoms with Crippen molar-refractivity contribution < 1.29 is 9.53 Å². The minimum atomic E-state index is -0.297. The number of methoxy groups -OCH3 is 1. The summed E-state index contributed by atoms with van der Waals surface area (Å²) in [6.07, 6.45) is 3.22. The van der Waals surface area contributed by atoms with Crippen LogP contribution < -0.4 is 15.4 Å². The molecule has 2 aromatic rings. The molecule has 3 N–H and O–H groups in total. The van der Waals surface area contributed by atoms with E-state index in [1.165, 1.54) is 0 Å². The van der Waals surface area contributed by atoms with Crippen LogP contribution in [0.15, 0.2) is 36.8 Å². The van der Waals surface area contributed by atoms with Crippen LogP contribution in [0, 0.1) is 0 Å². The second-order valence-electron chi connectivity index (χ2n) is 3.58. The second kappa shape index (κ2) is 5.72. The molecule has 1 heterocycles. The average Bonchev–Trinajstić information content (AvgIpc) is 2.90. The van der Waals surface area contributed by atoms with Crippen molar-refractivity contribution in [3.05, 3.63) is 42.5 Å². The maximum Gasteiger partial charge on any atom is 0.319 e. The molecule has 0 saturated carbocycles. The first kappa shape index (κ1) is 12.0. The van der Waals surface area contributed by atoms with Crippen molar-refractivity contribution in [3.8, 4) is 5.75 Å². The van der Waals surface area contributed by atoms with Gasteiger partial charge in [-0.15, -0.1) is 0 Å². The molecule has 0 spiro atoms. The van der Waals surface area contributed by atoms with Crippen molar-refractivity contribution in [1.29, 1.82) is 0 Å². The van der Waals surface area contributed by atoms with Crippen molar-refractivity contribution in [2.45, 2.75) is 6.54 Å². The lowest BCUT2D eigenvalue weighted by molar-refractivity contribution is 0.251. The molecule has 0 saturated heterocycles. The molecule has 6 nitrogen and oxygen atoms in total. The minimum absolute atomic E-state index is 0.297. The Morgan fingerprint density at radius 3 is 3.00 bits per heavy atom. The van der Waals surface area contributed by atoms with Gasteiger partial charge in [0.1, 0.15) is 5.75 Å². The first-order chi connectivity index (χ1) is 8.79. The number of carbonyl (C=O) groups is 1. The number of H-pyrrole nitrogens is 1. The molecule has 0 aliphatic rings. The van der Waals surface area contributed by atoms with E-state index in [0.717, 1.165) is 5.69 Å². The van der Waals surface area contributed by atoms with Crippen LogP contribution in [0.25, 0.3) is 0 Å². The number of urea groups is 1. The van der Waals surface area contributed by atoms with Gasteiger partial charge in [-0.3, -0.25) is 0 Å². The highest BCUT2D eigenvalue weighted by atomic mass is 16.5. The van der Waals surface area contributed by atoms with E-state index in [4.69, 9.17) is 4.74 Å². The summed E-state index contributed by atoms with van der Waals surface area (Å²) in [4.78, 5) is 18.4. The van der Waals surface area contributed by atoms with Gasteiger partial charge in [0.15, 0.2) is 0 Å². The maximum absolute atomic E-state index is 11.7. The van der Waals surface area contributed by atoms with Crippen LogP contribution in [-0.4, -0.2) is 23.1 Å². The fourth-order valence-electron chi connectivity index (χ4n) is 1.47. The maximum atomic E-state index is 11.7. The lowest BCUT2D eigenvalue weighted by atomic mass is 10.3. The van der Waals surface area contributed by atoms with Crippen molar-refractivity contribution in [2.24, 2.45) is 0 Å². The smallest absolute Gasteiger partial charge is 0.319 e. The number of ether oxygens (including phenoxy) is 1. The Labute approximate surface area is 104 Å². The topological polar surface area (TPSA) is 79.0 Å². The van der Waals surface area contributed by atoms with Crippen LogP contribution in [-0.2, 0) is 6.54 Å². The summed E-state index contributed by atoms with van der Waals surface area (Å²) >= 11 is 0. The zero-order chi connectivity index (χ0) is 12.8. The van der Waals surface area contributed by atoms with Gasteiger partial charge in [-0.2, -0.15) is 0 Å². The quantitative estimate of drug-likeness (QED) is 0.768. The van der Waals surface area contributed by atoms with Crippen molar-refractivity contribution >= 4 is 11.7 Å². The summed E-state index contributed by atoms with van der Waals surface area (Å²) < 4.78 is 5.14. The summed E-state index contributed by atoms with van der Waals surface area (Å²) in [5, 5.41) is 5.42. The number of hydrogen-bond acceptors (Lipinski definition) is 3. The van der Waals surface area contributed by atoms with Crippen LogP contribution in [0.5, 0.6) is 5.75 Å². The minimum Gasteiger partial charge on any atom is -0.495 e. The molecule has 2 amide bonds. The van der Waals surface area contributed by atoms with Gasteiger partial charge in [0.25, 0.3) is 0 Å². The highest BCUT2D eigenvalue weighted by molar-refractivity contribution is 5.90. The van der Waals surface area contributed by atoms with Gasteiger partial charge in [0.2, 0.25) is 0 Å². The van der Waals surface area contributed by atoms with E-state index >= 15 is 0 Å². The standard InChI is InChI=1S/C12H14N4O2/c1-18-11-5-3-2-4-10(11)16-12(17)14-7-9-6-13-8-15-9/h2-6,8H,7H2,1H3,(H,13,15)(H2,14,16,17). The molecule has 1 aromatic heterocycles. The number of para-hydroxylation sites is 2. The zero-order valence-corrected chi connectivity index (χ0v) is 9.93. The van der Waals surface area contributed by atoms with E-state index < -0.39 is 0 Å². The van der Waals surface area contributed by atoms with Crippen LogP contribution in [0.4, 0.5) is 10.5 Å². The molecule has 0 atom stereocenters. The normalized spacial score (nSPS) is 9.83. The lowest BCUT2D eigenvalue weighted by Crippen LogP contribution is -2.28. The number of benzene rings is 1. The van der Waals surface area contributed by atoms with E-state index in [2.05, 4.69) is 20.6 Å². The molecule has 6 heteroatoms. The lowest BCUT2D eigenvalue weighted by Gasteiger charge is -2.10. The Bertz CT molecular complexity index is 511. The number of aromatic nitrogens is 2. The molecule has 18 heavy (non-hydrogen) atoms. The Hall–Kier alpha value is -2.50. The van der Waals surface area contributed by atoms with E-state index in [1.54, 1.807) is 31.8 Å². The fraction of sp³-hybridized carbons (Fsp3) is 0.167. The van der Waals surface area contributed by atoms with Gasteiger partial charge in [-0.25, -0.2) is 9.78 Å². The fourth-order valence-corrected chi connectivity index (χ4v) is 1.47. The number of amides is 2. The Morgan fingerprint density at radius 2 is 2.28 bits per heavy atom. The Balaban J connectivity index is 1.90. The monoisotopic (exact) mass is 246 g/mol. The summed E-state index contributed by atoms with van der Waals surface area (Å²) in [6.45, 7) is 0.390. The van der Waals surface area contributed by atoms with Crippen LogP contribution in [0.3, 0.4) is 0 Å². The van der Waals surface area contributed by atoms with Crippen molar-refractivity contribution in [3.63, 3.8) is 0 Å². The third kappa shape index (κ3) is 3.00. The van der Waals surface area contributed by atoms with E-state index in [1.807, 2.05) is 12.1 Å². The summed E-state index contributed by atoms with van der Waals surface area (Å²) in [5.74, 6) is 0.620. The number of nitrogens with zero attached hydrogens (tertiary/aromatic N) is 1. The van der Waals surface area contributed by atoms with Crippen molar-refractivity contribution in [2.75, 3.05) is 12.4 Å². The third-order valence-electron chi connectivity index (χ3n) is 2.35. The molecule has 1 aromatic carbocycles. The second-order valence-corrected chi connectivity index (χ2v) is 3.58. The SMILES string of the molecule is COc1ccccc1NC(=O)NCc1cnc[nH]1. The molecule has 0 aliphatic carbocycles. The number of imidazole rings is 1. The van der Waals surface area contributed by atoms with E-state index in [0.29, 0.717) is 18.0 Å². The molecule has 0 bridgehead atoms. The molecule has 0 aliphatic heterocycles. The van der Waals surface area contributed by atoms with Crippen molar-refractivity contribution in [1.82, 2.24) is 15.3 Å². The zero-order valence-electron chi connectivity index (χ0n) is 9.93. The number of aromatic amines is 1. The van der Waals surface area contributed by atoms with Crippen LogP contribution in [0.2, 0.25) is 0 Å². The largest absolute Gasteiger partial charge is 0.495 e. The number of rotatable bonds is 4. The summed E-state index contributed by atoms with van der Waals surface area (Å²) in [5.41, 5.74) is 1.47. The van der Waals surface area contributed by atoms with E-state index in [-0.39, 0.29) is 6.03 Å². The van der Waals surface area contributed by atoms with Gasteiger partial charge >= 0.3 is 6.03 Å². The first-order valence-electron chi connectivity index (χ1n) is 5.44. The Morgan fingerprint density at radius 1 is 1.44 bits per heavy atom. The predicted molar refractivity (Wildman–Crippen MR) is 67.4 cm³/mol. The van der Waals surface area contributed by atoms with Gasteiger partial charge in [0, 0.05) is 6.20 Å². The number of hydrogen-bond donors (Lipinski definition) is 3. The molecule has 2 rings (SSSR count). The highest BCUT2D eigenvalue weighted by Gasteiger charge is 2.06. The molecular formula is C12H14N4O2. The third-order valence-corrected chi connectivity index (χ3v) is 2.35. The van der Waals surface area contributed by atoms with Crippen LogP contribution >= 0.6 is 0 Å². The highest BCUT2D eigenvalue weighted by Crippen LogP contribution is 2.22. The Kier molecular flexibility index (Phi) is 3.80. The number of nitrogens with one attached hydrogen (secondary N) is 3. The van der Waals surface area contributed by atoms with Gasteiger partial charge in [-0.1, -0.05) is 12.1 Å². The number of carbonyl (C=O) groups excluding carboxylic acids is 1. The molecular weight excluding hydrogens is 232 g/mol. The predicted octanol–water partition coefficient (Wildman–Crippen LogP) is 1.74. The van der Waals surface area contributed by atoms with Gasteiger partial charge in [0.05, 0.1) is 31.4 Å². The first-order valence-corrected chi connectivity index (χ1v) is 5.44. The summed E-state index contributed by atoms with van der Waals surface area (Å²) in [6, 6.07) is 6.92. The molecule has 0 unspecified atom stereocenters. The average molecular weight is 246 g/mol. The molecule has 94 valence electrons.